The molecule has 4 rings (SSSR count). The molecule has 2 heterocycles. The number of aromatic nitrogens is 1. The maximum Gasteiger partial charge on any atom is 0.244 e. The summed E-state index contributed by atoms with van der Waals surface area (Å²) in [7, 11) is -3.66. The second-order valence-electron chi connectivity index (χ2n) is 7.69. The van der Waals surface area contributed by atoms with E-state index in [1.165, 1.54) is 33.1 Å². The van der Waals surface area contributed by atoms with E-state index in [2.05, 4.69) is 42.3 Å². The standard InChI is InChI=1S/C22H23Cl2N3O2S2/c1-15-3-4-16(2)17(11-15)12-19-14-30-22(25-19)26-7-9-27(10-8-26)31(28,29)21-6-5-18(23)13-20(21)24/h3-6,11,13-14H,7-10,12H2,1-2H3. The normalized spacial score (nSPS) is 15.4. The molecule has 1 aliphatic heterocycles. The summed E-state index contributed by atoms with van der Waals surface area (Å²) in [6.07, 6.45) is 0.799. The van der Waals surface area contributed by atoms with Gasteiger partial charge in [-0.3, -0.25) is 0 Å². The first-order valence-electron chi connectivity index (χ1n) is 9.95. The topological polar surface area (TPSA) is 53.5 Å². The zero-order valence-corrected chi connectivity index (χ0v) is 20.5. The smallest absolute Gasteiger partial charge is 0.244 e. The van der Waals surface area contributed by atoms with Gasteiger partial charge in [0.2, 0.25) is 10.0 Å². The number of hydrogen-bond acceptors (Lipinski definition) is 5. The van der Waals surface area contributed by atoms with E-state index in [-0.39, 0.29) is 9.92 Å². The molecule has 0 atom stereocenters. The van der Waals surface area contributed by atoms with E-state index in [0.29, 0.717) is 31.2 Å². The summed E-state index contributed by atoms with van der Waals surface area (Å²) in [6, 6.07) is 10.9. The molecule has 1 fully saturated rings. The maximum absolute atomic E-state index is 13.0. The molecule has 0 bridgehead atoms. The minimum Gasteiger partial charge on any atom is -0.345 e. The Balaban J connectivity index is 1.43. The van der Waals surface area contributed by atoms with Gasteiger partial charge in [0.25, 0.3) is 0 Å². The van der Waals surface area contributed by atoms with Gasteiger partial charge in [-0.15, -0.1) is 11.3 Å². The number of aryl methyl sites for hydroxylation is 2. The van der Waals surface area contributed by atoms with Crippen molar-refractivity contribution in [3.8, 4) is 0 Å². The number of benzene rings is 2. The van der Waals surface area contributed by atoms with E-state index < -0.39 is 10.0 Å². The fourth-order valence-electron chi connectivity index (χ4n) is 3.65. The van der Waals surface area contributed by atoms with Gasteiger partial charge in [0.05, 0.1) is 10.7 Å². The van der Waals surface area contributed by atoms with Gasteiger partial charge in [-0.05, 0) is 43.2 Å². The number of hydrogen-bond donors (Lipinski definition) is 0. The van der Waals surface area contributed by atoms with Gasteiger partial charge in [0.15, 0.2) is 5.13 Å². The summed E-state index contributed by atoms with van der Waals surface area (Å²) in [5.41, 5.74) is 4.83. The molecule has 2 aromatic carbocycles. The third kappa shape index (κ3) is 4.91. The molecule has 0 amide bonds. The number of thiazole rings is 1. The molecule has 1 aromatic heterocycles. The Bertz CT molecular complexity index is 1200. The zero-order valence-electron chi connectivity index (χ0n) is 17.3. The molecule has 3 aromatic rings. The second kappa shape index (κ2) is 9.08. The zero-order chi connectivity index (χ0) is 22.2. The van der Waals surface area contributed by atoms with Crippen LogP contribution >= 0.6 is 34.5 Å². The lowest BCUT2D eigenvalue weighted by atomic mass is 10.0. The minimum absolute atomic E-state index is 0.0945. The van der Waals surface area contributed by atoms with Crippen LogP contribution in [0.4, 0.5) is 5.13 Å². The van der Waals surface area contributed by atoms with E-state index in [1.54, 1.807) is 17.4 Å². The predicted octanol–water partition coefficient (Wildman–Crippen LogP) is 5.17. The van der Waals surface area contributed by atoms with Crippen LogP contribution < -0.4 is 4.90 Å². The molecule has 1 saturated heterocycles. The van der Waals surface area contributed by atoms with Crippen molar-refractivity contribution in [3.63, 3.8) is 0 Å². The van der Waals surface area contributed by atoms with Gasteiger partial charge in [-0.2, -0.15) is 4.31 Å². The Morgan fingerprint density at radius 3 is 2.48 bits per heavy atom. The number of anilines is 1. The van der Waals surface area contributed by atoms with Crippen LogP contribution in [0.3, 0.4) is 0 Å². The van der Waals surface area contributed by atoms with Gasteiger partial charge >= 0.3 is 0 Å². The molecule has 0 spiro atoms. The van der Waals surface area contributed by atoms with E-state index in [9.17, 15) is 8.42 Å². The average molecular weight is 496 g/mol. The van der Waals surface area contributed by atoms with Gasteiger partial charge in [-0.1, -0.05) is 47.0 Å². The SMILES string of the molecule is Cc1ccc(C)c(Cc2csc(N3CCN(S(=O)(=O)c4ccc(Cl)cc4Cl)CC3)n2)c1. The van der Waals surface area contributed by atoms with Crippen LogP contribution in [0.25, 0.3) is 0 Å². The van der Waals surface area contributed by atoms with Crippen LogP contribution in [0, 0.1) is 13.8 Å². The second-order valence-corrected chi connectivity index (χ2v) is 11.3. The van der Waals surface area contributed by atoms with Gasteiger partial charge < -0.3 is 4.90 Å². The molecular formula is C22H23Cl2N3O2S2. The lowest BCUT2D eigenvalue weighted by Crippen LogP contribution is -2.48. The number of rotatable bonds is 5. The third-order valence-corrected chi connectivity index (χ3v) is 9.00. The summed E-state index contributed by atoms with van der Waals surface area (Å²) in [5, 5.41) is 3.58. The first-order valence-corrected chi connectivity index (χ1v) is 13.0. The van der Waals surface area contributed by atoms with Crippen LogP contribution in [-0.2, 0) is 16.4 Å². The van der Waals surface area contributed by atoms with E-state index in [4.69, 9.17) is 28.2 Å². The lowest BCUT2D eigenvalue weighted by molar-refractivity contribution is 0.384. The van der Waals surface area contributed by atoms with Gasteiger partial charge in [0, 0.05) is 43.0 Å². The minimum atomic E-state index is -3.66. The largest absolute Gasteiger partial charge is 0.345 e. The molecule has 164 valence electrons. The first-order chi connectivity index (χ1) is 14.7. The first kappa shape index (κ1) is 22.6. The van der Waals surface area contributed by atoms with Crippen LogP contribution in [0.5, 0.6) is 0 Å². The van der Waals surface area contributed by atoms with Crippen molar-refractivity contribution in [2.75, 3.05) is 31.1 Å². The van der Waals surface area contributed by atoms with E-state index in [1.807, 2.05) is 0 Å². The number of nitrogens with zero attached hydrogens (tertiary/aromatic N) is 3. The van der Waals surface area contributed by atoms with Crippen LogP contribution in [0.2, 0.25) is 10.0 Å². The van der Waals surface area contributed by atoms with Crippen molar-refractivity contribution in [2.24, 2.45) is 0 Å². The maximum atomic E-state index is 13.0. The Hall–Kier alpha value is -1.64. The third-order valence-electron chi connectivity index (χ3n) is 5.44. The molecule has 1 aliphatic rings. The van der Waals surface area contributed by atoms with Crippen LogP contribution in [0.1, 0.15) is 22.4 Å². The van der Waals surface area contributed by atoms with E-state index >= 15 is 0 Å². The Labute approximate surface area is 197 Å². The summed E-state index contributed by atoms with van der Waals surface area (Å²) < 4.78 is 27.5. The molecule has 0 N–H and O–H groups in total. The molecule has 0 saturated carbocycles. The van der Waals surface area contributed by atoms with Crippen molar-refractivity contribution < 1.29 is 8.42 Å². The average Bonchev–Trinajstić information content (AvgIpc) is 3.19. The Morgan fingerprint density at radius 2 is 1.77 bits per heavy atom. The van der Waals surface area contributed by atoms with Crippen LogP contribution in [0.15, 0.2) is 46.7 Å². The van der Waals surface area contributed by atoms with Crippen molar-refractivity contribution in [2.45, 2.75) is 25.2 Å². The van der Waals surface area contributed by atoms with Gasteiger partial charge in [-0.25, -0.2) is 13.4 Å². The van der Waals surface area contributed by atoms with Crippen molar-refractivity contribution in [1.82, 2.24) is 9.29 Å². The molecule has 9 heteroatoms. The fourth-order valence-corrected chi connectivity index (χ4v) is 6.70. The number of halogens is 2. The molecule has 5 nitrogen and oxygen atoms in total. The monoisotopic (exact) mass is 495 g/mol. The quantitative estimate of drug-likeness (QED) is 0.489. The highest BCUT2D eigenvalue weighted by Crippen LogP contribution is 2.29. The predicted molar refractivity (Wildman–Crippen MR) is 128 cm³/mol. The molecular weight excluding hydrogens is 473 g/mol. The molecule has 31 heavy (non-hydrogen) atoms. The fraction of sp³-hybridized carbons (Fsp3) is 0.318. The Kier molecular flexibility index (Phi) is 6.60. The number of sulfonamides is 1. The van der Waals surface area contributed by atoms with E-state index in [0.717, 1.165) is 17.2 Å². The highest BCUT2D eigenvalue weighted by atomic mass is 35.5. The van der Waals surface area contributed by atoms with Gasteiger partial charge in [0.1, 0.15) is 4.90 Å². The summed E-state index contributed by atoms with van der Waals surface area (Å²) in [5.74, 6) is 0. The molecule has 0 unspecified atom stereocenters. The highest BCUT2D eigenvalue weighted by molar-refractivity contribution is 7.89. The van der Waals surface area contributed by atoms with Crippen molar-refractivity contribution in [1.29, 1.82) is 0 Å². The summed E-state index contributed by atoms with van der Waals surface area (Å²) in [6.45, 7) is 6.15. The van der Waals surface area contributed by atoms with Crippen molar-refractivity contribution in [3.05, 3.63) is 74.2 Å². The summed E-state index contributed by atoms with van der Waals surface area (Å²) in [4.78, 5) is 7.05. The molecule has 0 aliphatic carbocycles. The van der Waals surface area contributed by atoms with Crippen molar-refractivity contribution >= 4 is 49.7 Å². The molecule has 0 radical (unpaired) electrons. The Morgan fingerprint density at radius 1 is 1.03 bits per heavy atom. The summed E-state index contributed by atoms with van der Waals surface area (Å²) >= 11 is 13.6. The van der Waals surface area contributed by atoms with Crippen LogP contribution in [-0.4, -0.2) is 43.9 Å². The number of piperazine rings is 1. The highest BCUT2D eigenvalue weighted by Gasteiger charge is 2.31. The lowest BCUT2D eigenvalue weighted by Gasteiger charge is -2.33.